The predicted molar refractivity (Wildman–Crippen MR) is 110 cm³/mol. The molecular formula is C21H19N3O3S. The van der Waals surface area contributed by atoms with E-state index in [2.05, 4.69) is 15.0 Å². The van der Waals surface area contributed by atoms with Crippen LogP contribution in [-0.2, 0) is 14.8 Å². The molecule has 7 heteroatoms. The van der Waals surface area contributed by atoms with Crippen molar-refractivity contribution < 1.29 is 13.2 Å². The zero-order valence-electron chi connectivity index (χ0n) is 15.2. The van der Waals surface area contributed by atoms with Gasteiger partial charge in [0.25, 0.3) is 10.0 Å². The van der Waals surface area contributed by atoms with Crippen LogP contribution in [0.2, 0.25) is 0 Å². The van der Waals surface area contributed by atoms with E-state index in [1.54, 1.807) is 24.3 Å². The van der Waals surface area contributed by atoms with E-state index in [0.717, 1.165) is 11.1 Å². The highest BCUT2D eigenvalue weighted by molar-refractivity contribution is 7.92. The smallest absolute Gasteiger partial charge is 0.263 e. The number of carbonyl (C=O) groups excluding carboxylic acids is 1. The highest BCUT2D eigenvalue weighted by Crippen LogP contribution is 2.17. The van der Waals surface area contributed by atoms with Gasteiger partial charge in [0.2, 0.25) is 5.91 Å². The maximum Gasteiger partial charge on any atom is 0.263 e. The number of carbonyl (C=O) groups is 1. The zero-order chi connectivity index (χ0) is 20.0. The summed E-state index contributed by atoms with van der Waals surface area (Å²) in [6.07, 6.45) is 4.64. The van der Waals surface area contributed by atoms with E-state index < -0.39 is 10.0 Å². The second-order valence-corrected chi connectivity index (χ2v) is 7.76. The van der Waals surface area contributed by atoms with E-state index >= 15 is 0 Å². The van der Waals surface area contributed by atoms with Gasteiger partial charge < -0.3 is 5.32 Å². The normalized spacial score (nSPS) is 11.3. The number of amides is 1. The van der Waals surface area contributed by atoms with Gasteiger partial charge in [-0.1, -0.05) is 35.9 Å². The number of hydrogen-bond acceptors (Lipinski definition) is 4. The molecule has 0 saturated carbocycles. The average molecular weight is 393 g/mol. The lowest BCUT2D eigenvalue weighted by atomic mass is 10.1. The van der Waals surface area contributed by atoms with Crippen molar-refractivity contribution >= 4 is 33.5 Å². The Labute approximate surface area is 164 Å². The second-order valence-electron chi connectivity index (χ2n) is 6.08. The molecular weight excluding hydrogens is 374 g/mol. The monoisotopic (exact) mass is 393 g/mol. The molecule has 1 amide bonds. The van der Waals surface area contributed by atoms with Gasteiger partial charge in [0, 0.05) is 18.0 Å². The Morgan fingerprint density at radius 2 is 1.68 bits per heavy atom. The Kier molecular flexibility index (Phi) is 5.86. The summed E-state index contributed by atoms with van der Waals surface area (Å²) < 4.78 is 27.1. The molecule has 28 heavy (non-hydrogen) atoms. The van der Waals surface area contributed by atoms with Crippen molar-refractivity contribution in [3.8, 4) is 0 Å². The Bertz CT molecular complexity index is 1080. The van der Waals surface area contributed by atoms with Crippen molar-refractivity contribution in [1.29, 1.82) is 0 Å². The number of nitrogens with one attached hydrogen (secondary N) is 2. The lowest BCUT2D eigenvalue weighted by molar-refractivity contribution is -0.111. The third-order valence-electron chi connectivity index (χ3n) is 3.84. The van der Waals surface area contributed by atoms with Crippen LogP contribution in [0.5, 0.6) is 0 Å². The molecule has 0 radical (unpaired) electrons. The number of pyridine rings is 1. The molecule has 0 aliphatic heterocycles. The van der Waals surface area contributed by atoms with Crippen LogP contribution in [0.3, 0.4) is 0 Å². The van der Waals surface area contributed by atoms with E-state index in [4.69, 9.17) is 0 Å². The number of aryl methyl sites for hydroxylation is 1. The molecule has 3 rings (SSSR count). The maximum absolute atomic E-state index is 12.4. The second kappa shape index (κ2) is 8.49. The molecule has 0 spiro atoms. The van der Waals surface area contributed by atoms with Crippen LogP contribution in [0, 0.1) is 6.92 Å². The van der Waals surface area contributed by atoms with Crippen LogP contribution >= 0.6 is 0 Å². The standard InChI is InChI=1S/C21H19N3O3S/c1-16-5-7-17(8-6-16)9-14-21(25)23-18-10-12-19(13-11-18)28(26,27)24-20-4-2-3-15-22-20/h2-15H,1H3,(H,22,24)(H,23,25). The minimum Gasteiger partial charge on any atom is -0.323 e. The fourth-order valence-electron chi connectivity index (χ4n) is 2.37. The van der Waals surface area contributed by atoms with Crippen LogP contribution in [0.1, 0.15) is 11.1 Å². The maximum atomic E-state index is 12.4. The topological polar surface area (TPSA) is 88.2 Å². The Morgan fingerprint density at radius 3 is 2.32 bits per heavy atom. The molecule has 2 N–H and O–H groups in total. The Morgan fingerprint density at radius 1 is 0.964 bits per heavy atom. The quantitative estimate of drug-likeness (QED) is 0.623. The highest BCUT2D eigenvalue weighted by atomic mass is 32.2. The van der Waals surface area contributed by atoms with Crippen molar-refractivity contribution in [2.45, 2.75) is 11.8 Å². The van der Waals surface area contributed by atoms with Crippen molar-refractivity contribution in [3.63, 3.8) is 0 Å². The molecule has 1 heterocycles. The molecule has 0 bridgehead atoms. The van der Waals surface area contributed by atoms with E-state index in [0.29, 0.717) is 5.69 Å². The number of anilines is 2. The summed E-state index contributed by atoms with van der Waals surface area (Å²) in [5.74, 6) is -0.0658. The molecule has 0 saturated heterocycles. The van der Waals surface area contributed by atoms with Crippen molar-refractivity contribution in [2.24, 2.45) is 0 Å². The van der Waals surface area contributed by atoms with Crippen LogP contribution in [0.15, 0.2) is 83.9 Å². The third kappa shape index (κ3) is 5.28. The van der Waals surface area contributed by atoms with Crippen molar-refractivity contribution in [1.82, 2.24) is 4.98 Å². The average Bonchev–Trinajstić information content (AvgIpc) is 2.68. The molecule has 0 fully saturated rings. The lowest BCUT2D eigenvalue weighted by Crippen LogP contribution is -2.14. The molecule has 0 unspecified atom stereocenters. The number of aromatic nitrogens is 1. The Hall–Kier alpha value is -3.45. The molecule has 0 aliphatic rings. The van der Waals surface area contributed by atoms with Crippen LogP contribution in [-0.4, -0.2) is 19.3 Å². The third-order valence-corrected chi connectivity index (χ3v) is 5.21. The summed E-state index contributed by atoms with van der Waals surface area (Å²) in [5, 5.41) is 2.70. The van der Waals surface area contributed by atoms with Gasteiger partial charge in [-0.15, -0.1) is 0 Å². The number of benzene rings is 2. The van der Waals surface area contributed by atoms with Gasteiger partial charge in [0.15, 0.2) is 0 Å². The first kappa shape index (κ1) is 19.3. The number of sulfonamides is 1. The van der Waals surface area contributed by atoms with Gasteiger partial charge in [-0.25, -0.2) is 13.4 Å². The SMILES string of the molecule is Cc1ccc(C=CC(=O)Nc2ccc(S(=O)(=O)Nc3ccccn3)cc2)cc1. The first-order valence-corrected chi connectivity index (χ1v) is 10.0. The van der Waals surface area contributed by atoms with Crippen molar-refractivity contribution in [2.75, 3.05) is 10.0 Å². The summed E-state index contributed by atoms with van der Waals surface area (Å²) >= 11 is 0. The minimum absolute atomic E-state index is 0.0753. The first-order chi connectivity index (χ1) is 13.4. The Balaban J connectivity index is 1.63. The molecule has 0 atom stereocenters. The van der Waals surface area contributed by atoms with Gasteiger partial charge >= 0.3 is 0 Å². The summed E-state index contributed by atoms with van der Waals surface area (Å²) in [6, 6.07) is 18.6. The minimum atomic E-state index is -3.75. The number of rotatable bonds is 6. The molecule has 0 aliphatic carbocycles. The fourth-order valence-corrected chi connectivity index (χ4v) is 3.38. The van der Waals surface area contributed by atoms with E-state index in [1.165, 1.54) is 36.5 Å². The predicted octanol–water partition coefficient (Wildman–Crippen LogP) is 3.84. The number of hydrogen-bond donors (Lipinski definition) is 2. The van der Waals surface area contributed by atoms with E-state index in [9.17, 15) is 13.2 Å². The molecule has 6 nitrogen and oxygen atoms in total. The van der Waals surface area contributed by atoms with E-state index in [-0.39, 0.29) is 16.6 Å². The molecule has 1 aromatic heterocycles. The largest absolute Gasteiger partial charge is 0.323 e. The zero-order valence-corrected chi connectivity index (χ0v) is 16.0. The summed E-state index contributed by atoms with van der Waals surface area (Å²) in [4.78, 5) is 16.1. The molecule has 3 aromatic rings. The van der Waals surface area contributed by atoms with Gasteiger partial charge in [0.05, 0.1) is 4.90 Å². The first-order valence-electron chi connectivity index (χ1n) is 8.52. The van der Waals surface area contributed by atoms with E-state index in [1.807, 2.05) is 31.2 Å². The lowest BCUT2D eigenvalue weighted by Gasteiger charge is -2.08. The molecule has 142 valence electrons. The highest BCUT2D eigenvalue weighted by Gasteiger charge is 2.14. The van der Waals surface area contributed by atoms with Crippen molar-refractivity contribution in [3.05, 3.63) is 90.1 Å². The number of nitrogens with zero attached hydrogens (tertiary/aromatic N) is 1. The van der Waals surface area contributed by atoms with Crippen LogP contribution < -0.4 is 10.0 Å². The molecule has 2 aromatic carbocycles. The summed E-state index contributed by atoms with van der Waals surface area (Å²) in [5.41, 5.74) is 2.56. The van der Waals surface area contributed by atoms with Gasteiger partial charge in [-0.2, -0.15) is 0 Å². The summed E-state index contributed by atoms with van der Waals surface area (Å²) in [7, 11) is -3.75. The van der Waals surface area contributed by atoms with Gasteiger partial charge in [-0.05, 0) is 55.0 Å². The fraction of sp³-hybridized carbons (Fsp3) is 0.0476. The van der Waals surface area contributed by atoms with Crippen LogP contribution in [0.4, 0.5) is 11.5 Å². The van der Waals surface area contributed by atoms with Gasteiger partial charge in [0.1, 0.15) is 5.82 Å². The van der Waals surface area contributed by atoms with Crippen LogP contribution in [0.25, 0.3) is 6.08 Å². The summed E-state index contributed by atoms with van der Waals surface area (Å²) in [6.45, 7) is 2.00. The van der Waals surface area contributed by atoms with Gasteiger partial charge in [-0.3, -0.25) is 9.52 Å².